The molecule has 0 saturated carbocycles. The van der Waals surface area contributed by atoms with Crippen molar-refractivity contribution in [2.75, 3.05) is 0 Å². The first-order valence-electron chi connectivity index (χ1n) is 4.70. The van der Waals surface area contributed by atoms with Gasteiger partial charge in [0.25, 0.3) is 0 Å². The van der Waals surface area contributed by atoms with E-state index in [0.29, 0.717) is 17.1 Å². The van der Waals surface area contributed by atoms with Gasteiger partial charge < -0.3 is 4.57 Å². The molecule has 1 aromatic carbocycles. The van der Waals surface area contributed by atoms with Crippen molar-refractivity contribution in [1.29, 1.82) is 0 Å². The lowest BCUT2D eigenvalue weighted by molar-refractivity contribution is 0.495. The molecule has 1 heterocycles. The first kappa shape index (κ1) is 11.1. The van der Waals surface area contributed by atoms with Crippen molar-refractivity contribution in [2.24, 2.45) is 0 Å². The Morgan fingerprint density at radius 2 is 2.12 bits per heavy atom. The third-order valence-corrected chi connectivity index (χ3v) is 2.48. The molecular weight excluding hydrogens is 234 g/mol. The van der Waals surface area contributed by atoms with Gasteiger partial charge in [-0.15, -0.1) is 11.6 Å². The molecule has 0 spiro atoms. The lowest BCUT2D eigenvalue weighted by Crippen LogP contribution is -2.01. The van der Waals surface area contributed by atoms with Gasteiger partial charge in [0.1, 0.15) is 0 Å². The van der Waals surface area contributed by atoms with E-state index in [1.54, 1.807) is 23.2 Å². The molecule has 0 aliphatic rings. The number of rotatable bonds is 3. The Balaban J connectivity index is 2.23. The zero-order chi connectivity index (χ0) is 11.5. The van der Waals surface area contributed by atoms with Crippen molar-refractivity contribution >= 4 is 11.6 Å². The third-order valence-electron chi connectivity index (χ3n) is 2.21. The van der Waals surface area contributed by atoms with Crippen molar-refractivity contribution in [3.63, 3.8) is 0 Å². The number of benzene rings is 1. The van der Waals surface area contributed by atoms with E-state index in [2.05, 4.69) is 4.98 Å². The maximum absolute atomic E-state index is 13.3. The van der Waals surface area contributed by atoms with Crippen LogP contribution in [0.25, 0.3) is 0 Å². The van der Waals surface area contributed by atoms with E-state index in [1.165, 1.54) is 6.07 Å². The monoisotopic (exact) mass is 242 g/mol. The molecular formula is C11H9ClF2N2. The van der Waals surface area contributed by atoms with Crippen LogP contribution in [0.5, 0.6) is 0 Å². The molecule has 0 bridgehead atoms. The van der Waals surface area contributed by atoms with Gasteiger partial charge in [0, 0.05) is 11.8 Å². The zero-order valence-corrected chi connectivity index (χ0v) is 9.09. The molecule has 2 nitrogen and oxygen atoms in total. The summed E-state index contributed by atoms with van der Waals surface area (Å²) in [5.41, 5.74) is 0.997. The minimum absolute atomic E-state index is 0.244. The summed E-state index contributed by atoms with van der Waals surface area (Å²) in [5, 5.41) is 0. The van der Waals surface area contributed by atoms with Crippen LogP contribution in [0.4, 0.5) is 8.78 Å². The van der Waals surface area contributed by atoms with E-state index in [1.807, 2.05) is 0 Å². The molecule has 5 heteroatoms. The smallest absolute Gasteiger partial charge is 0.163 e. The fourth-order valence-electron chi connectivity index (χ4n) is 1.43. The number of aromatic nitrogens is 2. The van der Waals surface area contributed by atoms with E-state index >= 15 is 0 Å². The van der Waals surface area contributed by atoms with Crippen LogP contribution in [0.2, 0.25) is 0 Å². The van der Waals surface area contributed by atoms with Gasteiger partial charge in [-0.1, -0.05) is 12.1 Å². The first-order valence-corrected chi connectivity index (χ1v) is 5.23. The molecule has 2 aromatic rings. The maximum atomic E-state index is 13.3. The molecule has 0 aliphatic heterocycles. The van der Waals surface area contributed by atoms with Crippen molar-refractivity contribution in [2.45, 2.75) is 12.4 Å². The Morgan fingerprint density at radius 1 is 1.31 bits per heavy atom. The third kappa shape index (κ3) is 2.22. The number of alkyl halides is 1. The van der Waals surface area contributed by atoms with Crippen LogP contribution >= 0.6 is 11.6 Å². The first-order chi connectivity index (χ1) is 7.70. The Kier molecular flexibility index (Phi) is 3.19. The van der Waals surface area contributed by atoms with Crippen LogP contribution in [0.3, 0.4) is 0 Å². The van der Waals surface area contributed by atoms with Gasteiger partial charge in [-0.2, -0.15) is 0 Å². The minimum atomic E-state index is -0.838. The Labute approximate surface area is 96.5 Å². The van der Waals surface area contributed by atoms with Crippen LogP contribution < -0.4 is 0 Å². The van der Waals surface area contributed by atoms with Gasteiger partial charge in [0.15, 0.2) is 11.6 Å². The molecule has 0 radical (unpaired) electrons. The zero-order valence-electron chi connectivity index (χ0n) is 8.33. The van der Waals surface area contributed by atoms with Crippen molar-refractivity contribution < 1.29 is 8.78 Å². The van der Waals surface area contributed by atoms with Gasteiger partial charge in [-0.25, -0.2) is 13.8 Å². The molecule has 84 valence electrons. The minimum Gasteiger partial charge on any atom is -0.333 e. The van der Waals surface area contributed by atoms with Gasteiger partial charge in [-0.05, 0) is 6.07 Å². The molecule has 0 fully saturated rings. The number of nitrogens with zero attached hydrogens (tertiary/aromatic N) is 2. The summed E-state index contributed by atoms with van der Waals surface area (Å²) in [6, 6.07) is 4.11. The fraction of sp³-hybridized carbons (Fsp3) is 0.182. The predicted octanol–water partition coefficient (Wildman–Crippen LogP) is 2.95. The standard InChI is InChI=1S/C11H9ClF2N2/c12-4-9-6-16(7-15-9)5-8-2-1-3-10(13)11(8)14/h1-3,6-7H,4-5H2. The Bertz CT molecular complexity index is 496. The normalized spacial score (nSPS) is 10.7. The Hall–Kier alpha value is -1.42. The second-order valence-electron chi connectivity index (χ2n) is 3.38. The maximum Gasteiger partial charge on any atom is 0.163 e. The van der Waals surface area contributed by atoms with Crippen LogP contribution in [0.15, 0.2) is 30.7 Å². The molecule has 0 amide bonds. The summed E-state index contributed by atoms with van der Waals surface area (Å²) in [6.07, 6.45) is 3.25. The highest BCUT2D eigenvalue weighted by Crippen LogP contribution is 2.13. The summed E-state index contributed by atoms with van der Waals surface area (Å²) in [7, 11) is 0. The van der Waals surface area contributed by atoms with Gasteiger partial charge in [-0.3, -0.25) is 0 Å². The average molecular weight is 243 g/mol. The highest BCUT2D eigenvalue weighted by Gasteiger charge is 2.08. The average Bonchev–Trinajstić information content (AvgIpc) is 2.73. The molecule has 0 N–H and O–H groups in total. The molecule has 1 aromatic heterocycles. The lowest BCUT2D eigenvalue weighted by Gasteiger charge is -2.04. The highest BCUT2D eigenvalue weighted by molar-refractivity contribution is 6.16. The number of halogens is 3. The summed E-state index contributed by atoms with van der Waals surface area (Å²) in [6.45, 7) is 0.244. The summed E-state index contributed by atoms with van der Waals surface area (Å²) in [5.74, 6) is -1.35. The molecule has 0 unspecified atom stereocenters. The second kappa shape index (κ2) is 4.61. The number of imidazole rings is 1. The van der Waals surface area contributed by atoms with Crippen molar-refractivity contribution in [1.82, 2.24) is 9.55 Å². The summed E-state index contributed by atoms with van der Waals surface area (Å²) < 4.78 is 27.9. The van der Waals surface area contributed by atoms with E-state index < -0.39 is 11.6 Å². The highest BCUT2D eigenvalue weighted by atomic mass is 35.5. The summed E-state index contributed by atoms with van der Waals surface area (Å²) in [4.78, 5) is 4.00. The second-order valence-corrected chi connectivity index (χ2v) is 3.65. The van der Waals surface area contributed by atoms with Crippen LogP contribution in [0.1, 0.15) is 11.3 Å². The molecule has 0 aliphatic carbocycles. The number of hydrogen-bond donors (Lipinski definition) is 0. The van der Waals surface area contributed by atoms with E-state index in [9.17, 15) is 8.78 Å². The van der Waals surface area contributed by atoms with Crippen molar-refractivity contribution in [3.8, 4) is 0 Å². The van der Waals surface area contributed by atoms with Crippen molar-refractivity contribution in [3.05, 3.63) is 53.6 Å². The van der Waals surface area contributed by atoms with E-state index in [0.717, 1.165) is 6.07 Å². The topological polar surface area (TPSA) is 17.8 Å². The Morgan fingerprint density at radius 3 is 2.81 bits per heavy atom. The molecule has 2 rings (SSSR count). The molecule has 16 heavy (non-hydrogen) atoms. The van der Waals surface area contributed by atoms with Gasteiger partial charge in [0.05, 0.1) is 24.4 Å². The van der Waals surface area contributed by atoms with Crippen LogP contribution in [-0.2, 0) is 12.4 Å². The fourth-order valence-corrected chi connectivity index (χ4v) is 1.57. The molecule has 0 atom stereocenters. The predicted molar refractivity (Wildman–Crippen MR) is 57.2 cm³/mol. The largest absolute Gasteiger partial charge is 0.333 e. The summed E-state index contributed by atoms with van der Waals surface area (Å²) >= 11 is 5.59. The molecule has 0 saturated heterocycles. The van der Waals surface area contributed by atoms with E-state index in [4.69, 9.17) is 11.6 Å². The van der Waals surface area contributed by atoms with Crippen LogP contribution in [-0.4, -0.2) is 9.55 Å². The lowest BCUT2D eigenvalue weighted by atomic mass is 10.2. The van der Waals surface area contributed by atoms with Gasteiger partial charge >= 0.3 is 0 Å². The number of hydrogen-bond acceptors (Lipinski definition) is 1. The quantitative estimate of drug-likeness (QED) is 0.757. The van der Waals surface area contributed by atoms with Crippen LogP contribution in [0, 0.1) is 11.6 Å². The van der Waals surface area contributed by atoms with Gasteiger partial charge in [0.2, 0.25) is 0 Å². The van der Waals surface area contributed by atoms with E-state index in [-0.39, 0.29) is 6.54 Å². The SMILES string of the molecule is Fc1cccc(Cn2cnc(CCl)c2)c1F.